The van der Waals surface area contributed by atoms with E-state index in [9.17, 15) is 9.90 Å². The van der Waals surface area contributed by atoms with Gasteiger partial charge in [-0.3, -0.25) is 4.79 Å². The smallest absolute Gasteiger partial charge is 0.230 e. The summed E-state index contributed by atoms with van der Waals surface area (Å²) in [6.07, 6.45) is 7.03. The second-order valence-corrected chi connectivity index (χ2v) is 6.07. The lowest BCUT2D eigenvalue weighted by atomic mass is 9.90. The highest BCUT2D eigenvalue weighted by atomic mass is 16.3. The van der Waals surface area contributed by atoms with Gasteiger partial charge in [-0.2, -0.15) is 0 Å². The van der Waals surface area contributed by atoms with E-state index >= 15 is 0 Å². The van der Waals surface area contributed by atoms with Crippen molar-refractivity contribution in [3.8, 4) is 0 Å². The van der Waals surface area contributed by atoms with Gasteiger partial charge in [-0.15, -0.1) is 0 Å². The molecule has 2 saturated carbocycles. The van der Waals surface area contributed by atoms with Crippen molar-refractivity contribution in [2.24, 2.45) is 11.1 Å². The van der Waals surface area contributed by atoms with Gasteiger partial charge in [-0.05, 0) is 44.9 Å². The molecule has 0 aromatic heterocycles. The summed E-state index contributed by atoms with van der Waals surface area (Å²) in [5.74, 6) is 0.233. The Kier molecular flexibility index (Phi) is 2.49. The van der Waals surface area contributed by atoms with Crippen molar-refractivity contribution in [1.29, 1.82) is 0 Å². The zero-order chi connectivity index (χ0) is 12.1. The van der Waals surface area contributed by atoms with Gasteiger partial charge in [-0.1, -0.05) is 0 Å². The Balaban J connectivity index is 1.77. The van der Waals surface area contributed by atoms with Gasteiger partial charge in [0.1, 0.15) is 0 Å². The summed E-state index contributed by atoms with van der Waals surface area (Å²) in [5, 5.41) is 9.39. The fraction of sp³-hybridized carbons (Fsp3) is 0.923. The minimum Gasteiger partial charge on any atom is -0.394 e. The van der Waals surface area contributed by atoms with Crippen LogP contribution in [-0.2, 0) is 4.79 Å². The number of hydrogen-bond acceptors (Lipinski definition) is 3. The molecule has 2 aliphatic carbocycles. The minimum atomic E-state index is -0.252. The normalized spacial score (nSPS) is 33.3. The summed E-state index contributed by atoms with van der Waals surface area (Å²) in [6.45, 7) is 0.904. The van der Waals surface area contributed by atoms with Crippen molar-refractivity contribution in [3.63, 3.8) is 0 Å². The molecule has 0 bridgehead atoms. The molecule has 3 aliphatic rings. The monoisotopic (exact) mass is 238 g/mol. The van der Waals surface area contributed by atoms with Crippen LogP contribution in [0.5, 0.6) is 0 Å². The standard InChI is InChI=1S/C13H22N2O2/c14-13(6-7-13)12(4-5-12)11(17)15-8-2-1-3-10(15)9-16/h10,16H,1-9,14H2. The first-order valence-corrected chi connectivity index (χ1v) is 6.84. The average molecular weight is 238 g/mol. The van der Waals surface area contributed by atoms with Crippen molar-refractivity contribution < 1.29 is 9.90 Å². The van der Waals surface area contributed by atoms with E-state index in [1.165, 1.54) is 0 Å². The van der Waals surface area contributed by atoms with Crippen LogP contribution in [0.2, 0.25) is 0 Å². The van der Waals surface area contributed by atoms with Gasteiger partial charge in [0.05, 0.1) is 18.1 Å². The second-order valence-electron chi connectivity index (χ2n) is 6.07. The first kappa shape index (κ1) is 11.5. The Labute approximate surface area is 102 Å². The van der Waals surface area contributed by atoms with Crippen LogP contribution in [0.15, 0.2) is 0 Å². The summed E-state index contributed by atoms with van der Waals surface area (Å²) in [5.41, 5.74) is 5.81. The number of nitrogens with zero attached hydrogens (tertiary/aromatic N) is 1. The minimum absolute atomic E-state index is 0.0380. The van der Waals surface area contributed by atoms with E-state index in [0.717, 1.165) is 51.5 Å². The van der Waals surface area contributed by atoms with Gasteiger partial charge in [0, 0.05) is 12.1 Å². The number of aliphatic hydroxyl groups excluding tert-OH is 1. The third-order valence-electron chi connectivity index (χ3n) is 5.00. The molecule has 4 heteroatoms. The highest BCUT2D eigenvalue weighted by Gasteiger charge is 2.68. The topological polar surface area (TPSA) is 66.6 Å². The Bertz CT molecular complexity index is 334. The zero-order valence-corrected chi connectivity index (χ0v) is 10.3. The molecule has 0 aromatic carbocycles. The lowest BCUT2D eigenvalue weighted by molar-refractivity contribution is -0.143. The summed E-state index contributed by atoms with van der Waals surface area (Å²) in [4.78, 5) is 14.6. The molecular weight excluding hydrogens is 216 g/mol. The molecule has 1 heterocycles. The molecule has 1 amide bonds. The van der Waals surface area contributed by atoms with Crippen LogP contribution in [0.4, 0.5) is 0 Å². The fourth-order valence-corrected chi connectivity index (χ4v) is 3.40. The average Bonchev–Trinajstić information content (AvgIpc) is 3.23. The largest absolute Gasteiger partial charge is 0.394 e. The van der Waals surface area contributed by atoms with Gasteiger partial charge < -0.3 is 15.7 Å². The number of carbonyl (C=O) groups is 1. The number of nitrogens with two attached hydrogens (primary N) is 1. The number of likely N-dealkylation sites (tertiary alicyclic amines) is 1. The highest BCUT2D eigenvalue weighted by Crippen LogP contribution is 2.63. The number of hydrogen-bond donors (Lipinski definition) is 2. The number of aliphatic hydroxyl groups is 1. The summed E-state index contributed by atoms with van der Waals surface area (Å²) >= 11 is 0. The van der Waals surface area contributed by atoms with Crippen molar-refractivity contribution in [2.45, 2.75) is 56.5 Å². The van der Waals surface area contributed by atoms with Gasteiger partial charge in [0.2, 0.25) is 5.91 Å². The Morgan fingerprint density at radius 1 is 1.29 bits per heavy atom. The molecule has 3 fully saturated rings. The summed E-state index contributed by atoms with van der Waals surface area (Å²) in [7, 11) is 0. The van der Waals surface area contributed by atoms with Crippen LogP contribution in [0, 0.1) is 5.41 Å². The summed E-state index contributed by atoms with van der Waals surface area (Å²) < 4.78 is 0. The molecular formula is C13H22N2O2. The second kappa shape index (κ2) is 3.69. The van der Waals surface area contributed by atoms with E-state index in [1.807, 2.05) is 4.90 Å². The van der Waals surface area contributed by atoms with Gasteiger partial charge in [0.25, 0.3) is 0 Å². The highest BCUT2D eigenvalue weighted by molar-refractivity contribution is 5.88. The number of carbonyl (C=O) groups excluding carboxylic acids is 1. The molecule has 1 aliphatic heterocycles. The third-order valence-corrected chi connectivity index (χ3v) is 5.00. The van der Waals surface area contributed by atoms with Crippen molar-refractivity contribution in [2.75, 3.05) is 13.2 Å². The van der Waals surface area contributed by atoms with E-state index < -0.39 is 0 Å². The quantitative estimate of drug-likeness (QED) is 0.758. The van der Waals surface area contributed by atoms with Gasteiger partial charge in [0.15, 0.2) is 0 Å². The Morgan fingerprint density at radius 2 is 2.00 bits per heavy atom. The van der Waals surface area contributed by atoms with E-state index in [1.54, 1.807) is 0 Å². The Hall–Kier alpha value is -0.610. The van der Waals surface area contributed by atoms with Crippen molar-refractivity contribution in [1.82, 2.24) is 4.90 Å². The van der Waals surface area contributed by atoms with Crippen LogP contribution in [0.25, 0.3) is 0 Å². The fourth-order valence-electron chi connectivity index (χ4n) is 3.40. The number of rotatable bonds is 3. The molecule has 17 heavy (non-hydrogen) atoms. The van der Waals surface area contributed by atoms with Gasteiger partial charge in [-0.25, -0.2) is 0 Å². The van der Waals surface area contributed by atoms with E-state index in [2.05, 4.69) is 0 Å². The molecule has 1 unspecified atom stereocenters. The molecule has 1 atom stereocenters. The molecule has 96 valence electrons. The van der Waals surface area contributed by atoms with Crippen LogP contribution >= 0.6 is 0 Å². The third kappa shape index (κ3) is 1.61. The predicted octanol–water partition coefficient (Wildman–Crippen LogP) is 0.631. The van der Waals surface area contributed by atoms with Crippen LogP contribution in [-0.4, -0.2) is 40.6 Å². The van der Waals surface area contributed by atoms with E-state index in [-0.39, 0.29) is 29.5 Å². The lowest BCUT2D eigenvalue weighted by Gasteiger charge is -2.38. The van der Waals surface area contributed by atoms with E-state index in [4.69, 9.17) is 5.73 Å². The number of amides is 1. The SMILES string of the molecule is NC1(C2(C(=O)N3CCCCC3CO)CC2)CC1. The first-order chi connectivity index (χ1) is 8.13. The van der Waals surface area contributed by atoms with Crippen LogP contribution < -0.4 is 5.73 Å². The lowest BCUT2D eigenvalue weighted by Crippen LogP contribution is -2.53. The molecule has 4 nitrogen and oxygen atoms in total. The molecule has 3 N–H and O–H groups in total. The predicted molar refractivity (Wildman–Crippen MR) is 64.3 cm³/mol. The maximum Gasteiger partial charge on any atom is 0.230 e. The van der Waals surface area contributed by atoms with Crippen LogP contribution in [0.1, 0.15) is 44.9 Å². The van der Waals surface area contributed by atoms with Crippen LogP contribution in [0.3, 0.4) is 0 Å². The van der Waals surface area contributed by atoms with Gasteiger partial charge >= 0.3 is 0 Å². The molecule has 0 radical (unpaired) electrons. The molecule has 0 spiro atoms. The summed E-state index contributed by atoms with van der Waals surface area (Å²) in [6, 6.07) is 0.0380. The van der Waals surface area contributed by atoms with E-state index in [0.29, 0.717) is 0 Å². The maximum absolute atomic E-state index is 12.7. The zero-order valence-electron chi connectivity index (χ0n) is 10.3. The number of piperidine rings is 1. The van der Waals surface area contributed by atoms with Crippen molar-refractivity contribution in [3.05, 3.63) is 0 Å². The molecule has 3 rings (SSSR count). The molecule has 1 saturated heterocycles. The van der Waals surface area contributed by atoms with Crippen molar-refractivity contribution >= 4 is 5.91 Å². The first-order valence-electron chi connectivity index (χ1n) is 6.84. The molecule has 0 aromatic rings. The Morgan fingerprint density at radius 3 is 2.53 bits per heavy atom. The maximum atomic E-state index is 12.7.